The van der Waals surface area contributed by atoms with Crippen molar-refractivity contribution in [3.63, 3.8) is 0 Å². The normalized spacial score (nSPS) is 24.8. The lowest BCUT2D eigenvalue weighted by Crippen LogP contribution is -2.19. The van der Waals surface area contributed by atoms with Gasteiger partial charge in [-0.3, -0.25) is 0 Å². The molecular formula is C19H17ClFNO3S. The van der Waals surface area contributed by atoms with Crippen LogP contribution in [0.5, 0.6) is 0 Å². The number of rotatable bonds is 6. The molecule has 4 nitrogen and oxygen atoms in total. The minimum absolute atomic E-state index is 0.0291. The zero-order chi connectivity index (χ0) is 18.9. The zero-order valence-corrected chi connectivity index (χ0v) is 15.6. The molecule has 26 heavy (non-hydrogen) atoms. The number of sulfone groups is 1. The highest BCUT2D eigenvalue weighted by molar-refractivity contribution is 7.92. The van der Waals surface area contributed by atoms with Crippen molar-refractivity contribution in [2.45, 2.75) is 23.0 Å². The van der Waals surface area contributed by atoms with Gasteiger partial charge in [0.15, 0.2) is 9.84 Å². The molecule has 0 saturated heterocycles. The average molecular weight is 394 g/mol. The summed E-state index contributed by atoms with van der Waals surface area (Å²) in [5, 5.41) is 9.21. The fraction of sp³-hybridized carbons (Fsp3) is 0.316. The Morgan fingerprint density at radius 3 is 2.54 bits per heavy atom. The SMILES string of the molecule is CCOC[C@@]1(C#N)[C@H](c2cccc(F)c2)[C@@H]1S(=O)(=O)c1ccc(Cl)cc1. The first-order chi connectivity index (χ1) is 12.4. The lowest BCUT2D eigenvalue weighted by molar-refractivity contribution is 0.117. The molecule has 0 bridgehead atoms. The van der Waals surface area contributed by atoms with Gasteiger partial charge in [-0.15, -0.1) is 0 Å². The van der Waals surface area contributed by atoms with Gasteiger partial charge in [-0.1, -0.05) is 23.7 Å². The van der Waals surface area contributed by atoms with Crippen LogP contribution in [0.1, 0.15) is 18.4 Å². The van der Waals surface area contributed by atoms with E-state index >= 15 is 0 Å². The summed E-state index contributed by atoms with van der Waals surface area (Å²) in [6, 6.07) is 13.7. The molecule has 0 amide bonds. The molecule has 7 heteroatoms. The van der Waals surface area contributed by atoms with Gasteiger partial charge in [0.2, 0.25) is 0 Å². The molecule has 1 aliphatic carbocycles. The second kappa shape index (κ2) is 6.99. The first-order valence-corrected chi connectivity index (χ1v) is 10.0. The van der Waals surface area contributed by atoms with Crippen LogP contribution in [0.15, 0.2) is 53.4 Å². The Bertz CT molecular complexity index is 955. The van der Waals surface area contributed by atoms with Crippen molar-refractivity contribution in [2.75, 3.05) is 13.2 Å². The lowest BCUT2D eigenvalue weighted by atomic mass is 10.0. The number of hydrogen-bond acceptors (Lipinski definition) is 4. The number of ether oxygens (including phenoxy) is 1. The number of halogens is 2. The fourth-order valence-electron chi connectivity index (χ4n) is 3.41. The first-order valence-electron chi connectivity index (χ1n) is 8.10. The molecule has 2 aromatic rings. The minimum Gasteiger partial charge on any atom is -0.380 e. The lowest BCUT2D eigenvalue weighted by Gasteiger charge is -2.09. The molecule has 0 spiro atoms. The van der Waals surface area contributed by atoms with Crippen molar-refractivity contribution >= 4 is 21.4 Å². The third-order valence-electron chi connectivity index (χ3n) is 4.69. The van der Waals surface area contributed by atoms with E-state index in [4.69, 9.17) is 16.3 Å². The molecule has 2 aromatic carbocycles. The molecule has 0 N–H and O–H groups in total. The third-order valence-corrected chi connectivity index (χ3v) is 7.24. The first kappa shape index (κ1) is 18.8. The van der Waals surface area contributed by atoms with Crippen LogP contribution in [0.25, 0.3) is 0 Å². The van der Waals surface area contributed by atoms with Gasteiger partial charge in [0, 0.05) is 17.5 Å². The summed E-state index contributed by atoms with van der Waals surface area (Å²) in [5.41, 5.74) is -0.767. The van der Waals surface area contributed by atoms with E-state index in [2.05, 4.69) is 6.07 Å². The second-order valence-corrected chi connectivity index (χ2v) is 8.75. The number of nitriles is 1. The number of benzene rings is 2. The Kier molecular flexibility index (Phi) is 5.07. The Morgan fingerprint density at radius 2 is 1.96 bits per heavy atom. The average Bonchev–Trinajstić information content (AvgIpc) is 3.31. The summed E-state index contributed by atoms with van der Waals surface area (Å²) in [5.74, 6) is -1.13. The Balaban J connectivity index is 2.07. The monoisotopic (exact) mass is 393 g/mol. The Hall–Kier alpha value is -1.94. The molecule has 0 aromatic heterocycles. The van der Waals surface area contributed by atoms with E-state index in [1.807, 2.05) is 0 Å². The molecule has 0 aliphatic heterocycles. The van der Waals surface area contributed by atoms with E-state index in [-0.39, 0.29) is 11.5 Å². The van der Waals surface area contributed by atoms with Crippen LogP contribution >= 0.6 is 11.6 Å². The summed E-state index contributed by atoms with van der Waals surface area (Å²) < 4.78 is 45.4. The standard InChI is InChI=1S/C19H17ClFNO3S/c1-2-25-12-19(11-22)17(13-4-3-5-15(21)10-13)18(19)26(23,24)16-8-6-14(20)7-9-16/h3-10,17-18H,2,12H2,1H3/t17-,18+,19+/m1/s1. The zero-order valence-electron chi connectivity index (χ0n) is 14.0. The topological polar surface area (TPSA) is 67.2 Å². The highest BCUT2D eigenvalue weighted by atomic mass is 35.5. The maximum Gasteiger partial charge on any atom is 0.183 e. The molecule has 1 aliphatic rings. The summed E-state index contributed by atoms with van der Waals surface area (Å²) >= 11 is 5.84. The van der Waals surface area contributed by atoms with Crippen LogP contribution < -0.4 is 0 Å². The summed E-state index contributed by atoms with van der Waals surface area (Å²) in [6.07, 6.45) is 0. The largest absolute Gasteiger partial charge is 0.380 e. The Morgan fingerprint density at radius 1 is 1.27 bits per heavy atom. The summed E-state index contributed by atoms with van der Waals surface area (Å²) in [4.78, 5) is 0.0851. The predicted octanol–water partition coefficient (Wildman–Crippen LogP) is 3.97. The van der Waals surface area contributed by atoms with Crippen LogP contribution in [0, 0.1) is 22.6 Å². The number of hydrogen-bond donors (Lipinski definition) is 0. The van der Waals surface area contributed by atoms with E-state index in [1.54, 1.807) is 13.0 Å². The third kappa shape index (κ3) is 3.11. The molecule has 0 unspecified atom stereocenters. The molecule has 0 radical (unpaired) electrons. The molecule has 0 heterocycles. The highest BCUT2D eigenvalue weighted by Crippen LogP contribution is 2.64. The van der Waals surface area contributed by atoms with E-state index in [1.165, 1.54) is 42.5 Å². The van der Waals surface area contributed by atoms with E-state index in [9.17, 15) is 18.1 Å². The molecule has 136 valence electrons. The van der Waals surface area contributed by atoms with Gasteiger partial charge in [-0.25, -0.2) is 12.8 Å². The van der Waals surface area contributed by atoms with Crippen LogP contribution in [0.3, 0.4) is 0 Å². The molecule has 1 fully saturated rings. The van der Waals surface area contributed by atoms with Crippen molar-refractivity contribution in [2.24, 2.45) is 5.41 Å². The van der Waals surface area contributed by atoms with Crippen molar-refractivity contribution in [3.05, 3.63) is 64.9 Å². The maximum absolute atomic E-state index is 13.7. The van der Waals surface area contributed by atoms with Crippen LogP contribution in [0.2, 0.25) is 5.02 Å². The molecule has 3 atom stereocenters. The van der Waals surface area contributed by atoms with Gasteiger partial charge in [-0.05, 0) is 48.9 Å². The van der Waals surface area contributed by atoms with Crippen LogP contribution in [-0.4, -0.2) is 26.9 Å². The van der Waals surface area contributed by atoms with E-state index in [0.717, 1.165) is 0 Å². The van der Waals surface area contributed by atoms with E-state index < -0.39 is 32.2 Å². The fourth-order valence-corrected chi connectivity index (χ4v) is 5.85. The Labute approximate surface area is 157 Å². The van der Waals surface area contributed by atoms with Gasteiger partial charge in [0.05, 0.1) is 22.8 Å². The summed E-state index contributed by atoms with van der Waals surface area (Å²) in [7, 11) is -3.83. The van der Waals surface area contributed by atoms with E-state index in [0.29, 0.717) is 17.2 Å². The van der Waals surface area contributed by atoms with Crippen molar-refractivity contribution in [3.8, 4) is 6.07 Å². The highest BCUT2D eigenvalue weighted by Gasteiger charge is 2.72. The molecular weight excluding hydrogens is 377 g/mol. The van der Waals surface area contributed by atoms with Gasteiger partial charge in [-0.2, -0.15) is 5.26 Å². The quantitative estimate of drug-likeness (QED) is 0.744. The van der Waals surface area contributed by atoms with Crippen molar-refractivity contribution in [1.82, 2.24) is 0 Å². The predicted molar refractivity (Wildman–Crippen MR) is 96.1 cm³/mol. The van der Waals surface area contributed by atoms with Crippen molar-refractivity contribution < 1.29 is 17.5 Å². The smallest absolute Gasteiger partial charge is 0.183 e. The molecule has 3 rings (SSSR count). The van der Waals surface area contributed by atoms with Gasteiger partial charge in [0.1, 0.15) is 11.2 Å². The minimum atomic E-state index is -3.83. The van der Waals surface area contributed by atoms with Crippen LogP contribution in [0.4, 0.5) is 4.39 Å². The van der Waals surface area contributed by atoms with Crippen molar-refractivity contribution in [1.29, 1.82) is 5.26 Å². The van der Waals surface area contributed by atoms with Gasteiger partial charge < -0.3 is 4.74 Å². The second-order valence-electron chi connectivity index (χ2n) is 6.24. The summed E-state index contributed by atoms with van der Waals surface area (Å²) in [6.45, 7) is 2.10. The maximum atomic E-state index is 13.7. The van der Waals surface area contributed by atoms with Gasteiger partial charge in [0.25, 0.3) is 0 Å². The molecule has 1 saturated carbocycles. The van der Waals surface area contributed by atoms with Crippen LogP contribution in [-0.2, 0) is 14.6 Å². The van der Waals surface area contributed by atoms with Gasteiger partial charge >= 0.3 is 0 Å². The number of nitrogens with zero attached hydrogens (tertiary/aromatic N) is 1.